The molecule has 0 heterocycles. The molecule has 0 bridgehead atoms. The highest BCUT2D eigenvalue weighted by molar-refractivity contribution is 6.18. The molecule has 0 aliphatic carbocycles. The highest BCUT2D eigenvalue weighted by Gasteiger charge is 1.99. The van der Waals surface area contributed by atoms with Crippen LogP contribution in [0.1, 0.15) is 5.56 Å². The Balaban J connectivity index is 2.87. The normalized spacial score (nSPS) is 9.83. The van der Waals surface area contributed by atoms with Gasteiger partial charge in [0.25, 0.3) is 0 Å². The van der Waals surface area contributed by atoms with Gasteiger partial charge in [-0.15, -0.1) is 11.6 Å². The number of hydrogen-bond donors (Lipinski definition) is 1. The van der Waals surface area contributed by atoms with Crippen LogP contribution in [0.25, 0.3) is 0 Å². The molecule has 0 spiro atoms. The summed E-state index contributed by atoms with van der Waals surface area (Å²) in [6.45, 7) is 0. The summed E-state index contributed by atoms with van der Waals surface area (Å²) < 4.78 is 5.02. The first-order valence-electron chi connectivity index (χ1n) is 3.76. The Morgan fingerprint density at radius 2 is 2.25 bits per heavy atom. The summed E-state index contributed by atoms with van der Waals surface area (Å²) in [7, 11) is 1.62. The van der Waals surface area contributed by atoms with Crippen LogP contribution in [0.15, 0.2) is 18.2 Å². The van der Waals surface area contributed by atoms with Crippen molar-refractivity contribution in [2.75, 3.05) is 18.7 Å². The first-order valence-corrected chi connectivity index (χ1v) is 4.29. The lowest BCUT2D eigenvalue weighted by atomic mass is 10.1. The Hall–Kier alpha value is -0.890. The molecule has 3 heteroatoms. The number of anilines is 1. The molecule has 1 aromatic rings. The summed E-state index contributed by atoms with van der Waals surface area (Å²) >= 11 is 5.59. The van der Waals surface area contributed by atoms with E-state index in [1.807, 2.05) is 18.2 Å². The summed E-state index contributed by atoms with van der Waals surface area (Å²) in [5.74, 6) is 1.38. The van der Waals surface area contributed by atoms with Gasteiger partial charge in [-0.25, -0.2) is 0 Å². The first kappa shape index (κ1) is 9.20. The maximum Gasteiger partial charge on any atom is 0.120 e. The van der Waals surface area contributed by atoms with Crippen LogP contribution < -0.4 is 10.5 Å². The third-order valence-electron chi connectivity index (χ3n) is 1.72. The van der Waals surface area contributed by atoms with Crippen molar-refractivity contribution in [3.63, 3.8) is 0 Å². The maximum atomic E-state index is 5.74. The van der Waals surface area contributed by atoms with Gasteiger partial charge < -0.3 is 10.5 Å². The van der Waals surface area contributed by atoms with E-state index in [1.54, 1.807) is 7.11 Å². The molecule has 66 valence electrons. The zero-order valence-corrected chi connectivity index (χ0v) is 7.77. The summed E-state index contributed by atoms with van der Waals surface area (Å²) in [5, 5.41) is 0. The lowest BCUT2D eigenvalue weighted by Gasteiger charge is -2.05. The molecule has 12 heavy (non-hydrogen) atoms. The predicted octanol–water partition coefficient (Wildman–Crippen LogP) is 2.06. The van der Waals surface area contributed by atoms with Crippen LogP contribution in [0.5, 0.6) is 5.75 Å². The van der Waals surface area contributed by atoms with Crippen molar-refractivity contribution in [2.24, 2.45) is 0 Å². The second-order valence-corrected chi connectivity index (χ2v) is 2.88. The van der Waals surface area contributed by atoms with Gasteiger partial charge in [0.2, 0.25) is 0 Å². The van der Waals surface area contributed by atoms with E-state index < -0.39 is 0 Å². The lowest BCUT2D eigenvalue weighted by molar-refractivity contribution is 0.415. The molecular formula is C9H12ClNO. The molecule has 0 saturated carbocycles. The molecule has 1 aromatic carbocycles. The van der Waals surface area contributed by atoms with Crippen molar-refractivity contribution in [3.8, 4) is 5.75 Å². The van der Waals surface area contributed by atoms with Crippen molar-refractivity contribution in [3.05, 3.63) is 23.8 Å². The van der Waals surface area contributed by atoms with Crippen molar-refractivity contribution in [2.45, 2.75) is 6.42 Å². The number of benzene rings is 1. The number of nitrogens with two attached hydrogens (primary N) is 1. The van der Waals surface area contributed by atoms with Gasteiger partial charge in [-0.05, 0) is 18.1 Å². The molecule has 2 nitrogen and oxygen atoms in total. The number of hydrogen-bond acceptors (Lipinski definition) is 2. The molecule has 0 saturated heterocycles. The van der Waals surface area contributed by atoms with E-state index in [4.69, 9.17) is 22.1 Å². The van der Waals surface area contributed by atoms with Crippen molar-refractivity contribution >= 4 is 17.3 Å². The number of methoxy groups -OCH3 is 1. The zero-order chi connectivity index (χ0) is 8.97. The van der Waals surface area contributed by atoms with Crippen LogP contribution in [0.4, 0.5) is 5.69 Å². The second-order valence-electron chi connectivity index (χ2n) is 2.50. The van der Waals surface area contributed by atoms with Gasteiger partial charge in [0.1, 0.15) is 5.75 Å². The maximum absolute atomic E-state index is 5.74. The Kier molecular flexibility index (Phi) is 3.23. The Morgan fingerprint density at radius 3 is 2.75 bits per heavy atom. The number of aryl methyl sites for hydroxylation is 1. The monoisotopic (exact) mass is 185 g/mol. The van der Waals surface area contributed by atoms with Gasteiger partial charge in [-0.3, -0.25) is 0 Å². The standard InChI is InChI=1S/C9H12ClNO/c1-12-8-3-2-7(4-5-10)9(11)6-8/h2-3,6H,4-5,11H2,1H3. The average Bonchev–Trinajstić information content (AvgIpc) is 2.09. The summed E-state index contributed by atoms with van der Waals surface area (Å²) in [6.07, 6.45) is 0.803. The third kappa shape index (κ3) is 2.05. The molecule has 0 fully saturated rings. The van der Waals surface area contributed by atoms with E-state index in [0.29, 0.717) is 5.88 Å². The topological polar surface area (TPSA) is 35.2 Å². The minimum Gasteiger partial charge on any atom is -0.497 e. The molecular weight excluding hydrogens is 174 g/mol. The zero-order valence-electron chi connectivity index (χ0n) is 7.01. The van der Waals surface area contributed by atoms with E-state index in [2.05, 4.69) is 0 Å². The van der Waals surface area contributed by atoms with Gasteiger partial charge in [0, 0.05) is 17.6 Å². The van der Waals surface area contributed by atoms with Crippen LogP contribution in [-0.4, -0.2) is 13.0 Å². The minimum atomic E-state index is 0.594. The number of nitrogen functional groups attached to an aromatic ring is 1. The van der Waals surface area contributed by atoms with Gasteiger partial charge in [0.05, 0.1) is 7.11 Å². The number of rotatable bonds is 3. The van der Waals surface area contributed by atoms with Crippen LogP contribution in [0, 0.1) is 0 Å². The molecule has 0 aliphatic heterocycles. The number of halogens is 1. The average molecular weight is 186 g/mol. The third-order valence-corrected chi connectivity index (χ3v) is 1.91. The van der Waals surface area contributed by atoms with Gasteiger partial charge in [0.15, 0.2) is 0 Å². The van der Waals surface area contributed by atoms with Crippen molar-refractivity contribution in [1.29, 1.82) is 0 Å². The summed E-state index contributed by atoms with van der Waals surface area (Å²) in [6, 6.07) is 5.64. The summed E-state index contributed by atoms with van der Waals surface area (Å²) in [5.41, 5.74) is 7.56. The fourth-order valence-corrected chi connectivity index (χ4v) is 1.23. The van der Waals surface area contributed by atoms with Crippen LogP contribution in [0.3, 0.4) is 0 Å². The van der Waals surface area contributed by atoms with E-state index in [-0.39, 0.29) is 0 Å². The first-order chi connectivity index (χ1) is 5.77. The highest BCUT2D eigenvalue weighted by atomic mass is 35.5. The molecule has 0 aliphatic rings. The van der Waals surface area contributed by atoms with Gasteiger partial charge >= 0.3 is 0 Å². The Labute approximate surface area is 77.3 Å². The van der Waals surface area contributed by atoms with Crippen LogP contribution in [0.2, 0.25) is 0 Å². The Bertz CT molecular complexity index is 263. The van der Waals surface area contributed by atoms with Gasteiger partial charge in [-0.2, -0.15) is 0 Å². The predicted molar refractivity (Wildman–Crippen MR) is 51.8 cm³/mol. The van der Waals surface area contributed by atoms with E-state index in [1.165, 1.54) is 0 Å². The van der Waals surface area contributed by atoms with Gasteiger partial charge in [-0.1, -0.05) is 6.07 Å². The summed E-state index contributed by atoms with van der Waals surface area (Å²) in [4.78, 5) is 0. The Morgan fingerprint density at radius 1 is 1.50 bits per heavy atom. The van der Waals surface area contributed by atoms with E-state index in [0.717, 1.165) is 23.4 Å². The molecule has 2 N–H and O–H groups in total. The minimum absolute atomic E-state index is 0.594. The lowest BCUT2D eigenvalue weighted by Crippen LogP contribution is -1.96. The van der Waals surface area contributed by atoms with Crippen molar-refractivity contribution < 1.29 is 4.74 Å². The fraction of sp³-hybridized carbons (Fsp3) is 0.333. The molecule has 0 amide bonds. The fourth-order valence-electron chi connectivity index (χ4n) is 1.03. The molecule has 0 radical (unpaired) electrons. The van der Waals surface area contributed by atoms with E-state index >= 15 is 0 Å². The largest absolute Gasteiger partial charge is 0.497 e. The number of alkyl halides is 1. The van der Waals surface area contributed by atoms with Crippen LogP contribution >= 0.6 is 11.6 Å². The van der Waals surface area contributed by atoms with Crippen LogP contribution in [-0.2, 0) is 6.42 Å². The molecule has 0 atom stereocenters. The number of ether oxygens (including phenoxy) is 1. The molecule has 1 rings (SSSR count). The van der Waals surface area contributed by atoms with Crippen molar-refractivity contribution in [1.82, 2.24) is 0 Å². The quantitative estimate of drug-likeness (QED) is 0.578. The SMILES string of the molecule is COc1ccc(CCCl)c(N)c1. The smallest absolute Gasteiger partial charge is 0.120 e. The molecule has 0 unspecified atom stereocenters. The molecule has 0 aromatic heterocycles. The van der Waals surface area contributed by atoms with E-state index in [9.17, 15) is 0 Å². The highest BCUT2D eigenvalue weighted by Crippen LogP contribution is 2.19. The second kappa shape index (κ2) is 4.21.